The number of nitrogens with zero attached hydrogens (tertiary/aromatic N) is 1. The molecule has 17 heavy (non-hydrogen) atoms. The van der Waals surface area contributed by atoms with Gasteiger partial charge in [0.05, 0.1) is 6.54 Å². The zero-order chi connectivity index (χ0) is 13.2. The van der Waals surface area contributed by atoms with Crippen molar-refractivity contribution in [2.24, 2.45) is 0 Å². The van der Waals surface area contributed by atoms with Crippen LogP contribution in [0.4, 0.5) is 10.1 Å². The van der Waals surface area contributed by atoms with Gasteiger partial charge in [-0.1, -0.05) is 5.92 Å². The van der Waals surface area contributed by atoms with Crippen LogP contribution in [0.25, 0.3) is 0 Å². The molecule has 1 aromatic rings. The second-order valence-corrected chi connectivity index (χ2v) is 6.14. The summed E-state index contributed by atoms with van der Waals surface area (Å²) >= 11 is 3.01. The Morgan fingerprint density at radius 3 is 2.71 bits per heavy atom. The van der Waals surface area contributed by atoms with Crippen LogP contribution in [0.5, 0.6) is 0 Å². The van der Waals surface area contributed by atoms with Crippen molar-refractivity contribution in [2.75, 3.05) is 19.3 Å². The minimum atomic E-state index is -3.96. The summed E-state index contributed by atoms with van der Waals surface area (Å²) in [4.78, 5) is -0.490. The van der Waals surface area contributed by atoms with Crippen molar-refractivity contribution in [2.45, 2.75) is 4.90 Å². The van der Waals surface area contributed by atoms with Gasteiger partial charge in [0.25, 0.3) is 0 Å². The fraction of sp³-hybridized carbons (Fsp3) is 0.200. The predicted octanol–water partition coefficient (Wildman–Crippen LogP) is 1.42. The fourth-order valence-corrected chi connectivity index (χ4v) is 2.60. The van der Waals surface area contributed by atoms with Gasteiger partial charge in [-0.2, -0.15) is 4.31 Å². The molecule has 4 nitrogen and oxygen atoms in total. The number of nitrogens with two attached hydrogens (primary N) is 1. The van der Waals surface area contributed by atoms with Crippen LogP contribution in [-0.4, -0.2) is 26.3 Å². The molecule has 0 aromatic heterocycles. The Labute approximate surface area is 108 Å². The van der Waals surface area contributed by atoms with Crippen molar-refractivity contribution in [1.29, 1.82) is 0 Å². The topological polar surface area (TPSA) is 63.4 Å². The lowest BCUT2D eigenvalue weighted by Gasteiger charge is -2.15. The van der Waals surface area contributed by atoms with Crippen LogP contribution in [0.15, 0.2) is 21.5 Å². The summed E-state index contributed by atoms with van der Waals surface area (Å²) < 4.78 is 38.6. The molecule has 0 unspecified atom stereocenters. The standard InChI is InChI=1S/C10H10BrFN2O2S/c1-3-4-14(2)17(15,16)10-6-9(13)7(11)5-8(10)12/h1,5-6H,4,13H2,2H3. The van der Waals surface area contributed by atoms with Crippen molar-refractivity contribution >= 4 is 31.6 Å². The first-order valence-corrected chi connectivity index (χ1v) is 6.68. The molecule has 0 atom stereocenters. The molecule has 0 bridgehead atoms. The van der Waals surface area contributed by atoms with Gasteiger partial charge in [-0.05, 0) is 28.1 Å². The van der Waals surface area contributed by atoms with Crippen LogP contribution in [0.1, 0.15) is 0 Å². The van der Waals surface area contributed by atoms with E-state index in [2.05, 4.69) is 21.9 Å². The van der Waals surface area contributed by atoms with Crippen LogP contribution in [-0.2, 0) is 10.0 Å². The highest BCUT2D eigenvalue weighted by atomic mass is 79.9. The number of hydrogen-bond donors (Lipinski definition) is 1. The first-order valence-electron chi connectivity index (χ1n) is 4.45. The minimum Gasteiger partial charge on any atom is -0.398 e. The Morgan fingerprint density at radius 1 is 1.59 bits per heavy atom. The third-order valence-corrected chi connectivity index (χ3v) is 4.56. The summed E-state index contributed by atoms with van der Waals surface area (Å²) in [6.45, 7) is -0.141. The first-order chi connectivity index (χ1) is 7.80. The van der Waals surface area contributed by atoms with E-state index in [-0.39, 0.29) is 12.2 Å². The minimum absolute atomic E-state index is 0.138. The maximum atomic E-state index is 13.6. The molecule has 92 valence electrons. The van der Waals surface area contributed by atoms with E-state index in [1.165, 1.54) is 7.05 Å². The van der Waals surface area contributed by atoms with Gasteiger partial charge in [-0.25, -0.2) is 12.8 Å². The van der Waals surface area contributed by atoms with Gasteiger partial charge in [-0.3, -0.25) is 0 Å². The van der Waals surface area contributed by atoms with E-state index < -0.39 is 20.7 Å². The number of terminal acetylenes is 1. The van der Waals surface area contributed by atoms with Gasteiger partial charge in [0.1, 0.15) is 10.7 Å². The second kappa shape index (κ2) is 5.04. The van der Waals surface area contributed by atoms with Gasteiger partial charge in [-0.15, -0.1) is 6.42 Å². The molecule has 0 aliphatic heterocycles. The van der Waals surface area contributed by atoms with E-state index in [1.807, 2.05) is 0 Å². The van der Waals surface area contributed by atoms with E-state index in [1.54, 1.807) is 0 Å². The Morgan fingerprint density at radius 2 is 2.18 bits per heavy atom. The quantitative estimate of drug-likeness (QED) is 0.676. The molecular formula is C10H10BrFN2O2S. The smallest absolute Gasteiger partial charge is 0.246 e. The lowest BCUT2D eigenvalue weighted by Crippen LogP contribution is -2.28. The zero-order valence-corrected chi connectivity index (χ0v) is 11.3. The molecule has 0 spiro atoms. The third-order valence-electron chi connectivity index (χ3n) is 2.05. The van der Waals surface area contributed by atoms with Crippen molar-refractivity contribution in [3.8, 4) is 12.3 Å². The molecule has 0 aliphatic carbocycles. The van der Waals surface area contributed by atoms with Crippen LogP contribution < -0.4 is 5.73 Å². The van der Waals surface area contributed by atoms with Gasteiger partial charge >= 0.3 is 0 Å². The highest BCUT2D eigenvalue weighted by Gasteiger charge is 2.24. The molecule has 0 saturated heterocycles. The summed E-state index contributed by atoms with van der Waals surface area (Å²) in [6.07, 6.45) is 5.01. The number of anilines is 1. The highest BCUT2D eigenvalue weighted by molar-refractivity contribution is 9.10. The number of hydrogen-bond acceptors (Lipinski definition) is 3. The summed E-state index contributed by atoms with van der Waals surface area (Å²) in [7, 11) is -2.69. The van der Waals surface area contributed by atoms with Crippen molar-refractivity contribution in [3.63, 3.8) is 0 Å². The maximum Gasteiger partial charge on any atom is 0.246 e. The lowest BCUT2D eigenvalue weighted by atomic mass is 10.3. The summed E-state index contributed by atoms with van der Waals surface area (Å²) in [5.74, 6) is 1.29. The van der Waals surface area contributed by atoms with E-state index in [0.717, 1.165) is 16.4 Å². The van der Waals surface area contributed by atoms with Crippen molar-refractivity contribution in [3.05, 3.63) is 22.4 Å². The van der Waals surface area contributed by atoms with Gasteiger partial charge in [0.15, 0.2) is 0 Å². The molecule has 7 heteroatoms. The molecule has 0 amide bonds. The normalized spacial score (nSPS) is 11.5. The first kappa shape index (κ1) is 14.0. The van der Waals surface area contributed by atoms with E-state index in [0.29, 0.717) is 4.47 Å². The van der Waals surface area contributed by atoms with Gasteiger partial charge in [0.2, 0.25) is 10.0 Å². The van der Waals surface area contributed by atoms with Crippen molar-refractivity contribution in [1.82, 2.24) is 4.31 Å². The average Bonchev–Trinajstić information content (AvgIpc) is 2.23. The molecular weight excluding hydrogens is 311 g/mol. The lowest BCUT2D eigenvalue weighted by molar-refractivity contribution is 0.492. The maximum absolute atomic E-state index is 13.6. The SMILES string of the molecule is C#CCN(C)S(=O)(=O)c1cc(N)c(Br)cc1F. The van der Waals surface area contributed by atoms with Gasteiger partial charge in [0, 0.05) is 17.2 Å². The Balaban J connectivity index is 3.35. The number of sulfonamides is 1. The van der Waals surface area contributed by atoms with E-state index in [4.69, 9.17) is 12.2 Å². The fourth-order valence-electron chi connectivity index (χ4n) is 1.12. The van der Waals surface area contributed by atoms with Crippen molar-refractivity contribution < 1.29 is 12.8 Å². The average molecular weight is 321 g/mol. The van der Waals surface area contributed by atoms with Crippen LogP contribution in [0.2, 0.25) is 0 Å². The highest BCUT2D eigenvalue weighted by Crippen LogP contribution is 2.27. The molecule has 2 N–H and O–H groups in total. The number of rotatable bonds is 3. The number of halogens is 2. The van der Waals surface area contributed by atoms with Crippen LogP contribution in [0, 0.1) is 18.2 Å². The number of nitrogen functional groups attached to an aromatic ring is 1. The molecule has 0 radical (unpaired) electrons. The van der Waals surface area contributed by atoms with Crippen LogP contribution >= 0.6 is 15.9 Å². The summed E-state index contributed by atoms with van der Waals surface area (Å²) in [5, 5.41) is 0. The Bertz CT molecular complexity index is 581. The molecule has 0 saturated carbocycles. The number of benzene rings is 1. The summed E-state index contributed by atoms with van der Waals surface area (Å²) in [5.41, 5.74) is 5.66. The molecule has 1 rings (SSSR count). The second-order valence-electron chi connectivity index (χ2n) is 3.27. The Kier molecular flexibility index (Phi) is 4.14. The Hall–Kier alpha value is -1.10. The largest absolute Gasteiger partial charge is 0.398 e. The molecule has 0 aliphatic rings. The van der Waals surface area contributed by atoms with Crippen LogP contribution in [0.3, 0.4) is 0 Å². The zero-order valence-electron chi connectivity index (χ0n) is 8.94. The van der Waals surface area contributed by atoms with E-state index >= 15 is 0 Å². The predicted molar refractivity (Wildman–Crippen MR) is 67.2 cm³/mol. The van der Waals surface area contributed by atoms with Gasteiger partial charge < -0.3 is 5.73 Å². The van der Waals surface area contributed by atoms with E-state index in [9.17, 15) is 12.8 Å². The third kappa shape index (κ3) is 2.77. The molecule has 0 heterocycles. The monoisotopic (exact) mass is 320 g/mol. The summed E-state index contributed by atoms with van der Waals surface area (Å²) in [6, 6.07) is 2.06. The molecule has 0 fully saturated rings. The molecule has 1 aromatic carbocycles.